The zero-order chi connectivity index (χ0) is 30.3. The third-order valence-corrected chi connectivity index (χ3v) is 7.81. The summed E-state index contributed by atoms with van der Waals surface area (Å²) in [4.78, 5) is 42.1. The van der Waals surface area contributed by atoms with Crippen molar-refractivity contribution >= 4 is 17.8 Å². The molecule has 3 aromatic carbocycles. The highest BCUT2D eigenvalue weighted by Crippen LogP contribution is 2.22. The number of benzene rings is 3. The number of aliphatic hydroxyl groups excluding tert-OH is 1. The minimum absolute atomic E-state index is 0.00102. The van der Waals surface area contributed by atoms with E-state index in [9.17, 15) is 19.5 Å². The van der Waals surface area contributed by atoms with Gasteiger partial charge < -0.3 is 20.1 Å². The Hall–Kier alpha value is -4.23. The molecule has 4 rings (SSSR count). The van der Waals surface area contributed by atoms with Gasteiger partial charge in [0.15, 0.2) is 0 Å². The van der Waals surface area contributed by atoms with E-state index in [0.29, 0.717) is 25.8 Å². The third-order valence-electron chi connectivity index (χ3n) is 7.81. The minimum atomic E-state index is -0.614. The average molecular weight is 583 g/mol. The Morgan fingerprint density at radius 2 is 1.51 bits per heavy atom. The number of carbonyl (C=O) groups excluding carboxylic acids is 3. The number of esters is 1. The van der Waals surface area contributed by atoms with Crippen LogP contribution in [0.25, 0.3) is 0 Å². The molecule has 43 heavy (non-hydrogen) atoms. The number of hydrogen-bond acceptors (Lipinski definition) is 5. The second-order valence-electron chi connectivity index (χ2n) is 11.1. The minimum Gasteiger partial charge on any atom is -0.463 e. The van der Waals surface area contributed by atoms with Crippen LogP contribution >= 0.6 is 0 Å². The van der Waals surface area contributed by atoms with E-state index in [-0.39, 0.29) is 49.9 Å². The topological polar surface area (TPSA) is 95.9 Å². The van der Waals surface area contributed by atoms with Gasteiger partial charge in [0, 0.05) is 19.5 Å². The molecule has 226 valence electrons. The summed E-state index contributed by atoms with van der Waals surface area (Å²) in [6.07, 6.45) is 7.28. The van der Waals surface area contributed by atoms with Crippen molar-refractivity contribution in [3.63, 3.8) is 0 Å². The van der Waals surface area contributed by atoms with Crippen molar-refractivity contribution in [3.8, 4) is 0 Å². The van der Waals surface area contributed by atoms with Crippen LogP contribution in [0.4, 0.5) is 0 Å². The average Bonchev–Trinajstić information content (AvgIpc) is 3.04. The molecule has 0 saturated heterocycles. The van der Waals surface area contributed by atoms with Crippen molar-refractivity contribution in [2.24, 2.45) is 11.8 Å². The lowest BCUT2D eigenvalue weighted by Gasteiger charge is -2.26. The van der Waals surface area contributed by atoms with Crippen LogP contribution in [0.15, 0.2) is 103 Å². The fourth-order valence-electron chi connectivity index (χ4n) is 5.38. The molecular formula is C36H42N2O5. The number of carbonyl (C=O) groups is 3. The summed E-state index contributed by atoms with van der Waals surface area (Å²) >= 11 is 0. The van der Waals surface area contributed by atoms with Crippen molar-refractivity contribution in [1.29, 1.82) is 0 Å². The van der Waals surface area contributed by atoms with Gasteiger partial charge >= 0.3 is 5.97 Å². The number of amides is 2. The molecule has 0 aromatic heterocycles. The number of aliphatic hydroxyl groups is 1. The predicted octanol–water partition coefficient (Wildman–Crippen LogP) is 5.40. The van der Waals surface area contributed by atoms with Gasteiger partial charge in [0.05, 0.1) is 24.5 Å². The molecule has 0 aliphatic carbocycles. The van der Waals surface area contributed by atoms with E-state index in [1.807, 2.05) is 103 Å². The molecule has 0 radical (unpaired) electrons. The first-order valence-electron chi connectivity index (χ1n) is 15.2. The van der Waals surface area contributed by atoms with E-state index in [0.717, 1.165) is 29.5 Å². The first-order valence-corrected chi connectivity index (χ1v) is 15.2. The third kappa shape index (κ3) is 10.2. The highest BCUT2D eigenvalue weighted by molar-refractivity contribution is 5.86. The smallest absolute Gasteiger partial charge is 0.309 e. The molecule has 1 aliphatic heterocycles. The second kappa shape index (κ2) is 17.0. The normalized spacial score (nSPS) is 20.0. The van der Waals surface area contributed by atoms with E-state index in [4.69, 9.17) is 4.74 Å². The molecule has 2 amide bonds. The monoisotopic (exact) mass is 582 g/mol. The molecule has 3 atom stereocenters. The lowest BCUT2D eigenvalue weighted by atomic mass is 9.93. The number of cyclic esters (lactones) is 1. The van der Waals surface area contributed by atoms with Gasteiger partial charge in [0.1, 0.15) is 6.61 Å². The van der Waals surface area contributed by atoms with Gasteiger partial charge in [-0.3, -0.25) is 14.4 Å². The fourth-order valence-corrected chi connectivity index (χ4v) is 5.38. The van der Waals surface area contributed by atoms with Gasteiger partial charge in [-0.05, 0) is 48.8 Å². The lowest BCUT2D eigenvalue weighted by Crippen LogP contribution is -2.40. The molecular weight excluding hydrogens is 540 g/mol. The van der Waals surface area contributed by atoms with Crippen molar-refractivity contribution in [1.82, 2.24) is 10.2 Å². The Morgan fingerprint density at radius 3 is 2.19 bits per heavy atom. The van der Waals surface area contributed by atoms with E-state index in [2.05, 4.69) is 5.32 Å². The van der Waals surface area contributed by atoms with E-state index in [1.54, 1.807) is 4.90 Å². The first kappa shape index (κ1) is 31.7. The van der Waals surface area contributed by atoms with Crippen LogP contribution in [0.2, 0.25) is 0 Å². The van der Waals surface area contributed by atoms with Gasteiger partial charge in [-0.1, -0.05) is 103 Å². The molecule has 1 heterocycles. The summed E-state index contributed by atoms with van der Waals surface area (Å²) in [5.41, 5.74) is 2.86. The van der Waals surface area contributed by atoms with Gasteiger partial charge in [0.2, 0.25) is 11.8 Å². The van der Waals surface area contributed by atoms with Crippen LogP contribution in [0, 0.1) is 11.8 Å². The fraction of sp³-hybridized carbons (Fsp3) is 0.361. The maximum absolute atomic E-state index is 13.7. The molecule has 0 saturated carbocycles. The first-order chi connectivity index (χ1) is 21.0. The van der Waals surface area contributed by atoms with Crippen LogP contribution in [0.3, 0.4) is 0 Å². The Morgan fingerprint density at radius 1 is 0.860 bits per heavy atom. The van der Waals surface area contributed by atoms with Crippen LogP contribution in [0.1, 0.15) is 54.8 Å². The maximum Gasteiger partial charge on any atom is 0.309 e. The van der Waals surface area contributed by atoms with E-state index in [1.165, 1.54) is 0 Å². The Kier molecular flexibility index (Phi) is 12.5. The molecule has 2 N–H and O–H groups in total. The standard InChI is InChI=1S/C36H42N2O5/c39-23-22-38(26-29-16-8-4-9-17-29)34(40)25-31-20-10-1-2-11-21-32(24-28-14-6-3-7-15-28)36(42)43-27-33(37-35(31)41)30-18-12-5-13-19-30/h1,3-10,12-19,31-33,39H,2,11,20-27H2,(H,37,41). The van der Waals surface area contributed by atoms with Crippen LogP contribution in [0.5, 0.6) is 0 Å². The van der Waals surface area contributed by atoms with Crippen LogP contribution in [-0.2, 0) is 32.1 Å². The number of nitrogens with zero attached hydrogens (tertiary/aromatic N) is 1. The summed E-state index contributed by atoms with van der Waals surface area (Å²) in [7, 11) is 0. The van der Waals surface area contributed by atoms with Crippen molar-refractivity contribution in [2.45, 2.75) is 51.1 Å². The molecule has 0 fully saturated rings. The summed E-state index contributed by atoms with van der Waals surface area (Å²) in [5, 5.41) is 12.7. The van der Waals surface area contributed by atoms with Crippen molar-refractivity contribution < 1.29 is 24.2 Å². The molecule has 0 spiro atoms. The Balaban J connectivity index is 1.52. The summed E-state index contributed by atoms with van der Waals surface area (Å²) in [6.45, 7) is 0.380. The molecule has 0 bridgehead atoms. The summed E-state index contributed by atoms with van der Waals surface area (Å²) in [6, 6.07) is 28.4. The number of rotatable bonds is 9. The summed E-state index contributed by atoms with van der Waals surface area (Å²) in [5.74, 6) is -1.63. The Bertz CT molecular complexity index is 1310. The van der Waals surface area contributed by atoms with Gasteiger partial charge in [-0.25, -0.2) is 0 Å². The van der Waals surface area contributed by atoms with Gasteiger partial charge in [-0.2, -0.15) is 0 Å². The van der Waals surface area contributed by atoms with Gasteiger partial charge in [0.25, 0.3) is 0 Å². The van der Waals surface area contributed by atoms with E-state index < -0.39 is 12.0 Å². The molecule has 7 nitrogen and oxygen atoms in total. The zero-order valence-corrected chi connectivity index (χ0v) is 24.6. The molecule has 1 aliphatic rings. The highest BCUT2D eigenvalue weighted by atomic mass is 16.5. The zero-order valence-electron chi connectivity index (χ0n) is 24.6. The molecule has 3 unspecified atom stereocenters. The second-order valence-corrected chi connectivity index (χ2v) is 11.1. The summed E-state index contributed by atoms with van der Waals surface area (Å²) < 4.78 is 5.87. The van der Waals surface area contributed by atoms with Crippen molar-refractivity contribution in [3.05, 3.63) is 120 Å². The quantitative estimate of drug-likeness (QED) is 0.260. The van der Waals surface area contributed by atoms with Crippen LogP contribution < -0.4 is 5.32 Å². The SMILES string of the molecule is O=C1NC(c2ccccc2)COC(=O)C(Cc2ccccc2)CCCC=CCC1CC(=O)N(CCO)Cc1ccccc1. The van der Waals surface area contributed by atoms with Gasteiger partial charge in [-0.15, -0.1) is 0 Å². The van der Waals surface area contributed by atoms with Crippen molar-refractivity contribution in [2.75, 3.05) is 19.8 Å². The van der Waals surface area contributed by atoms with E-state index >= 15 is 0 Å². The largest absolute Gasteiger partial charge is 0.463 e. The highest BCUT2D eigenvalue weighted by Gasteiger charge is 2.28. The number of allylic oxidation sites excluding steroid dienone is 2. The van der Waals surface area contributed by atoms with Crippen LogP contribution in [-0.4, -0.2) is 47.5 Å². The number of hydrogen-bond donors (Lipinski definition) is 2. The number of nitrogens with one attached hydrogen (secondary N) is 1. The maximum atomic E-state index is 13.7. The lowest BCUT2D eigenvalue weighted by molar-refractivity contribution is -0.150. The number of ether oxygens (including phenoxy) is 1. The predicted molar refractivity (Wildman–Crippen MR) is 167 cm³/mol. The molecule has 3 aromatic rings. The molecule has 7 heteroatoms. The Labute approximate surface area is 254 Å².